The first-order chi connectivity index (χ1) is 15.2. The summed E-state index contributed by atoms with van der Waals surface area (Å²) in [6, 6.07) is 13.1. The van der Waals surface area contributed by atoms with Crippen LogP contribution in [0.5, 0.6) is 28.7 Å². The highest BCUT2D eigenvalue weighted by atomic mass is 16.5. The van der Waals surface area contributed by atoms with Crippen LogP contribution in [0.4, 0.5) is 0 Å². The number of ether oxygens (including phenoxy) is 2. The molecule has 0 saturated carbocycles. The average molecular weight is 440 g/mol. The minimum Gasteiger partial charge on any atom is -0.508 e. The van der Waals surface area contributed by atoms with E-state index in [2.05, 4.69) is 0 Å². The molecule has 0 bridgehead atoms. The number of phenolic OH excluding ortho intramolecular Hbond substituents is 4. The van der Waals surface area contributed by atoms with Crippen LogP contribution >= 0.6 is 0 Å². The second-order valence-corrected chi connectivity index (χ2v) is 6.61. The van der Waals surface area contributed by atoms with Crippen molar-refractivity contribution < 1.29 is 39.5 Å². The predicted molar refractivity (Wildman–Crippen MR) is 117 cm³/mol. The Kier molecular flexibility index (Phi) is 8.06. The Hall–Kier alpha value is -4.20. The summed E-state index contributed by atoms with van der Waals surface area (Å²) in [4.78, 5) is 23.5. The first-order valence-electron chi connectivity index (χ1n) is 9.59. The maximum absolute atomic E-state index is 12.1. The van der Waals surface area contributed by atoms with Gasteiger partial charge in [-0.2, -0.15) is 0 Å². The summed E-state index contributed by atoms with van der Waals surface area (Å²) in [7, 11) is 1.47. The topological polar surface area (TPSA) is 134 Å². The van der Waals surface area contributed by atoms with Gasteiger partial charge in [-0.05, 0) is 49.7 Å². The number of methoxy groups -OCH3 is 1. The molecule has 32 heavy (non-hydrogen) atoms. The highest BCUT2D eigenvalue weighted by molar-refractivity contribution is 6.12. The fourth-order valence-corrected chi connectivity index (χ4v) is 2.86. The first-order valence-corrected chi connectivity index (χ1v) is 9.59. The van der Waals surface area contributed by atoms with Crippen molar-refractivity contribution in [2.24, 2.45) is 0 Å². The fraction of sp³-hybridized carbons (Fsp3) is 0.167. The standard InChI is InChI=1S/C14H12O4.C10H12O4/c1-18-9-6-7-11(13(16)8-9)14(17)10-4-2-3-5-12(10)15;1-3-14-10(13)9-6(2)4-7(11)5-8(9)12/h2-8,15-16H,1H3;4-5,11-12H,3H2,1-2H3. The van der Waals surface area contributed by atoms with Crippen molar-refractivity contribution >= 4 is 11.8 Å². The number of hydrogen-bond donors (Lipinski definition) is 4. The molecule has 8 heteroatoms. The lowest BCUT2D eigenvalue weighted by Crippen LogP contribution is -2.06. The van der Waals surface area contributed by atoms with Crippen LogP contribution in [-0.2, 0) is 4.74 Å². The third-order valence-electron chi connectivity index (χ3n) is 4.38. The largest absolute Gasteiger partial charge is 0.508 e. The number of esters is 1. The van der Waals surface area contributed by atoms with E-state index in [0.29, 0.717) is 11.3 Å². The number of para-hydroxylation sites is 1. The van der Waals surface area contributed by atoms with Crippen LogP contribution in [0.3, 0.4) is 0 Å². The van der Waals surface area contributed by atoms with Gasteiger partial charge in [0.05, 0.1) is 24.8 Å². The SMILES string of the molecule is CCOC(=O)c1c(C)cc(O)cc1O.COc1ccc(C(=O)c2ccccc2O)c(O)c1. The molecule has 0 aliphatic heterocycles. The second kappa shape index (κ2) is 10.7. The number of phenols is 4. The number of ketones is 1. The number of rotatable bonds is 5. The van der Waals surface area contributed by atoms with Crippen LogP contribution < -0.4 is 4.74 Å². The lowest BCUT2D eigenvalue weighted by molar-refractivity contribution is 0.0522. The predicted octanol–water partition coefficient (Wildman–Crippen LogP) is 3.92. The van der Waals surface area contributed by atoms with E-state index in [1.165, 1.54) is 37.4 Å². The van der Waals surface area contributed by atoms with Crippen LogP contribution in [0.1, 0.15) is 38.8 Å². The number of carbonyl (C=O) groups is 2. The van der Waals surface area contributed by atoms with Gasteiger partial charge in [0.1, 0.15) is 34.3 Å². The molecule has 4 N–H and O–H groups in total. The van der Waals surface area contributed by atoms with Crippen molar-refractivity contribution in [1.29, 1.82) is 0 Å². The molecule has 0 radical (unpaired) electrons. The Balaban J connectivity index is 0.000000235. The molecule has 0 aliphatic carbocycles. The molecule has 0 amide bonds. The third-order valence-corrected chi connectivity index (χ3v) is 4.38. The van der Waals surface area contributed by atoms with Crippen molar-refractivity contribution in [3.63, 3.8) is 0 Å². The summed E-state index contributed by atoms with van der Waals surface area (Å²) in [5, 5.41) is 37.9. The molecule has 3 aromatic carbocycles. The summed E-state index contributed by atoms with van der Waals surface area (Å²) in [5.41, 5.74) is 0.862. The van der Waals surface area contributed by atoms with Crippen molar-refractivity contribution in [3.05, 3.63) is 76.9 Å². The summed E-state index contributed by atoms with van der Waals surface area (Å²) < 4.78 is 9.69. The molecule has 0 spiro atoms. The molecular formula is C24H24O8. The molecule has 0 aliphatic rings. The molecule has 0 atom stereocenters. The molecular weight excluding hydrogens is 416 g/mol. The van der Waals surface area contributed by atoms with Gasteiger partial charge < -0.3 is 29.9 Å². The average Bonchev–Trinajstić information content (AvgIpc) is 2.73. The Morgan fingerprint density at radius 3 is 2.06 bits per heavy atom. The second-order valence-electron chi connectivity index (χ2n) is 6.61. The molecule has 3 aromatic rings. The van der Waals surface area contributed by atoms with E-state index >= 15 is 0 Å². The molecule has 0 saturated heterocycles. The van der Waals surface area contributed by atoms with Gasteiger partial charge in [-0.15, -0.1) is 0 Å². The minimum atomic E-state index is -0.581. The van der Waals surface area contributed by atoms with E-state index < -0.39 is 11.8 Å². The van der Waals surface area contributed by atoms with Crippen molar-refractivity contribution in [3.8, 4) is 28.7 Å². The van der Waals surface area contributed by atoms with E-state index in [9.17, 15) is 24.9 Å². The van der Waals surface area contributed by atoms with Gasteiger partial charge in [0.15, 0.2) is 5.78 Å². The van der Waals surface area contributed by atoms with E-state index in [1.807, 2.05) is 0 Å². The van der Waals surface area contributed by atoms with Crippen LogP contribution in [-0.4, -0.2) is 45.9 Å². The lowest BCUT2D eigenvalue weighted by Gasteiger charge is -2.07. The Labute approximate surface area is 184 Å². The van der Waals surface area contributed by atoms with Crippen LogP contribution in [0, 0.1) is 6.92 Å². The van der Waals surface area contributed by atoms with Crippen molar-refractivity contribution in [1.82, 2.24) is 0 Å². The highest BCUT2D eigenvalue weighted by Gasteiger charge is 2.17. The molecule has 0 unspecified atom stereocenters. The molecule has 168 valence electrons. The number of benzene rings is 3. The maximum Gasteiger partial charge on any atom is 0.342 e. The lowest BCUT2D eigenvalue weighted by atomic mass is 10.0. The maximum atomic E-state index is 12.1. The quantitative estimate of drug-likeness (QED) is 0.347. The van der Waals surface area contributed by atoms with Gasteiger partial charge in [0.2, 0.25) is 0 Å². The van der Waals surface area contributed by atoms with Gasteiger partial charge in [-0.1, -0.05) is 12.1 Å². The van der Waals surface area contributed by atoms with Crippen LogP contribution in [0.2, 0.25) is 0 Å². The van der Waals surface area contributed by atoms with Gasteiger partial charge in [0.25, 0.3) is 0 Å². The van der Waals surface area contributed by atoms with Crippen molar-refractivity contribution in [2.75, 3.05) is 13.7 Å². The zero-order valence-electron chi connectivity index (χ0n) is 17.8. The Morgan fingerprint density at radius 2 is 1.50 bits per heavy atom. The normalized spacial score (nSPS) is 9.97. The van der Waals surface area contributed by atoms with E-state index in [-0.39, 0.29) is 46.3 Å². The Bertz CT molecular complexity index is 1100. The zero-order chi connectivity index (χ0) is 23.8. The number of hydrogen-bond acceptors (Lipinski definition) is 8. The monoisotopic (exact) mass is 440 g/mol. The van der Waals surface area contributed by atoms with Gasteiger partial charge in [-0.3, -0.25) is 4.79 Å². The molecule has 0 heterocycles. The van der Waals surface area contributed by atoms with Crippen LogP contribution in [0.25, 0.3) is 0 Å². The van der Waals surface area contributed by atoms with Crippen molar-refractivity contribution in [2.45, 2.75) is 13.8 Å². The molecule has 0 fully saturated rings. The first kappa shape index (κ1) is 24.1. The molecule has 0 aromatic heterocycles. The number of aryl methyl sites for hydroxylation is 1. The number of aromatic hydroxyl groups is 4. The third kappa shape index (κ3) is 5.69. The fourth-order valence-electron chi connectivity index (χ4n) is 2.86. The van der Waals surface area contributed by atoms with Gasteiger partial charge in [0, 0.05) is 12.1 Å². The summed E-state index contributed by atoms with van der Waals surface area (Å²) in [6.07, 6.45) is 0. The van der Waals surface area contributed by atoms with Gasteiger partial charge in [-0.25, -0.2) is 4.79 Å². The molecule has 8 nitrogen and oxygen atoms in total. The molecule has 3 rings (SSSR count). The smallest absolute Gasteiger partial charge is 0.342 e. The van der Waals surface area contributed by atoms with E-state index in [1.54, 1.807) is 32.0 Å². The summed E-state index contributed by atoms with van der Waals surface area (Å²) >= 11 is 0. The zero-order valence-corrected chi connectivity index (χ0v) is 17.8. The van der Waals surface area contributed by atoms with E-state index in [4.69, 9.17) is 14.6 Å². The van der Waals surface area contributed by atoms with Crippen LogP contribution in [0.15, 0.2) is 54.6 Å². The highest BCUT2D eigenvalue weighted by Crippen LogP contribution is 2.28. The number of carbonyl (C=O) groups excluding carboxylic acids is 2. The Morgan fingerprint density at radius 1 is 0.844 bits per heavy atom. The van der Waals surface area contributed by atoms with Gasteiger partial charge >= 0.3 is 5.97 Å². The summed E-state index contributed by atoms with van der Waals surface area (Å²) in [5.74, 6) is -1.19. The summed E-state index contributed by atoms with van der Waals surface area (Å²) in [6.45, 7) is 3.55. The minimum absolute atomic E-state index is 0.0759. The van der Waals surface area contributed by atoms with E-state index in [0.717, 1.165) is 6.07 Å².